The van der Waals surface area contributed by atoms with Crippen LogP contribution in [0.2, 0.25) is 10.0 Å². The molecule has 1 atom stereocenters. The van der Waals surface area contributed by atoms with Crippen LogP contribution in [0.3, 0.4) is 0 Å². The number of nitrogens with one attached hydrogen (secondary N) is 3. The number of ether oxygens (including phenoxy) is 4. The maximum atomic E-state index is 12.6. The van der Waals surface area contributed by atoms with Gasteiger partial charge in [0.1, 0.15) is 6.61 Å². The summed E-state index contributed by atoms with van der Waals surface area (Å²) in [7, 11) is 1.39. The van der Waals surface area contributed by atoms with Crippen molar-refractivity contribution in [2.45, 2.75) is 26.5 Å². The van der Waals surface area contributed by atoms with Crippen LogP contribution in [-0.4, -0.2) is 49.4 Å². The molecule has 3 aromatic rings. The second-order valence-corrected chi connectivity index (χ2v) is 11.6. The number of esters is 1. The molecule has 0 spiro atoms. The van der Waals surface area contributed by atoms with Gasteiger partial charge >= 0.3 is 17.7 Å². The van der Waals surface area contributed by atoms with Crippen molar-refractivity contribution in [2.24, 2.45) is 5.10 Å². The zero-order valence-corrected chi connectivity index (χ0v) is 28.7. The van der Waals surface area contributed by atoms with Crippen molar-refractivity contribution >= 4 is 68.9 Å². The minimum atomic E-state index is -0.822. The van der Waals surface area contributed by atoms with Crippen molar-refractivity contribution in [1.82, 2.24) is 16.1 Å². The highest BCUT2D eigenvalue weighted by Gasteiger charge is 2.32. The Bertz CT molecular complexity index is 1820. The smallest absolute Gasteiger partial charge is 0.338 e. The molecule has 14 nitrogen and oxygen atoms in total. The first kappa shape index (κ1) is 36.0. The molecule has 252 valence electrons. The third kappa shape index (κ3) is 8.93. The summed E-state index contributed by atoms with van der Waals surface area (Å²) in [5.74, 6) is -0.797. The van der Waals surface area contributed by atoms with E-state index in [4.69, 9.17) is 42.1 Å². The summed E-state index contributed by atoms with van der Waals surface area (Å²) in [5, 5.41) is 21.6. The number of rotatable bonds is 13. The summed E-state index contributed by atoms with van der Waals surface area (Å²) >= 11 is 15.3. The van der Waals surface area contributed by atoms with Crippen LogP contribution < -0.4 is 30.3 Å². The summed E-state index contributed by atoms with van der Waals surface area (Å²) in [4.78, 5) is 48.4. The van der Waals surface area contributed by atoms with Gasteiger partial charge in [0.25, 0.3) is 5.91 Å². The number of methoxy groups -OCH3 is 1. The molecule has 0 aliphatic carbocycles. The third-order valence-corrected chi connectivity index (χ3v) is 7.99. The minimum absolute atomic E-state index is 0.00664. The van der Waals surface area contributed by atoms with E-state index in [9.17, 15) is 24.5 Å². The van der Waals surface area contributed by atoms with Crippen molar-refractivity contribution in [1.29, 1.82) is 0 Å². The van der Waals surface area contributed by atoms with Gasteiger partial charge in [0.15, 0.2) is 18.1 Å². The normalized spacial score (nSPS) is 14.2. The fraction of sp³-hybridized carbons (Fsp3) is 0.226. The third-order valence-electron chi connectivity index (χ3n) is 6.66. The zero-order valence-electron chi connectivity index (χ0n) is 25.6. The first-order valence-electron chi connectivity index (χ1n) is 14.0. The highest BCUT2D eigenvalue weighted by Crippen LogP contribution is 2.37. The van der Waals surface area contributed by atoms with E-state index in [1.807, 2.05) is 0 Å². The number of hydrazone groups is 1. The van der Waals surface area contributed by atoms with Crippen LogP contribution in [0.1, 0.15) is 36.6 Å². The lowest BCUT2D eigenvalue weighted by Crippen LogP contribution is -2.45. The van der Waals surface area contributed by atoms with Gasteiger partial charge in [0, 0.05) is 17.3 Å². The van der Waals surface area contributed by atoms with Crippen molar-refractivity contribution in [3.8, 4) is 17.2 Å². The average Bonchev–Trinajstić information content (AvgIpc) is 3.04. The van der Waals surface area contributed by atoms with Crippen LogP contribution in [0.15, 0.2) is 69.4 Å². The van der Waals surface area contributed by atoms with Crippen LogP contribution in [0.5, 0.6) is 17.2 Å². The lowest BCUT2D eigenvalue weighted by atomic mass is 9.95. The van der Waals surface area contributed by atoms with Gasteiger partial charge in [0.05, 0.1) is 51.0 Å². The minimum Gasteiger partial charge on any atom is -0.493 e. The summed E-state index contributed by atoms with van der Waals surface area (Å²) in [6.07, 6.45) is 1.22. The molecule has 0 unspecified atom stereocenters. The Balaban J connectivity index is 1.40. The summed E-state index contributed by atoms with van der Waals surface area (Å²) < 4.78 is 22.2. The SMILES string of the molecule is CCOC(=O)C1=C(C)NC(=O)N[C@@H]1c1ccc(OCC(=O)N/N=C/c2cc(Br)c(OCc3ccc(Cl)c(Cl)c3)c([N+](=O)[O-])c2)c(OC)c1. The molecule has 1 aliphatic rings. The first-order valence-corrected chi connectivity index (χ1v) is 15.6. The number of nitro groups is 1. The Labute approximate surface area is 292 Å². The van der Waals surface area contributed by atoms with Gasteiger partial charge in [-0.2, -0.15) is 5.10 Å². The fourth-order valence-corrected chi connectivity index (χ4v) is 5.40. The van der Waals surface area contributed by atoms with E-state index in [1.54, 1.807) is 44.2 Å². The molecule has 4 rings (SSSR count). The highest BCUT2D eigenvalue weighted by atomic mass is 79.9. The van der Waals surface area contributed by atoms with Crippen LogP contribution in [0.25, 0.3) is 0 Å². The van der Waals surface area contributed by atoms with Gasteiger partial charge in [-0.15, -0.1) is 0 Å². The maximum Gasteiger partial charge on any atom is 0.338 e. The number of nitrogens with zero attached hydrogens (tertiary/aromatic N) is 2. The molecule has 0 saturated heterocycles. The quantitative estimate of drug-likeness (QED) is 0.0818. The van der Waals surface area contributed by atoms with Crippen molar-refractivity contribution < 1.29 is 38.3 Å². The van der Waals surface area contributed by atoms with E-state index < -0.39 is 35.5 Å². The molecule has 0 fully saturated rings. The van der Waals surface area contributed by atoms with Gasteiger partial charge in [-0.25, -0.2) is 15.0 Å². The van der Waals surface area contributed by atoms with Gasteiger partial charge in [-0.1, -0.05) is 35.3 Å². The van der Waals surface area contributed by atoms with Crippen molar-refractivity contribution in [2.75, 3.05) is 20.3 Å². The maximum absolute atomic E-state index is 12.6. The predicted octanol–water partition coefficient (Wildman–Crippen LogP) is 5.97. The van der Waals surface area contributed by atoms with E-state index in [2.05, 4.69) is 37.1 Å². The Hall–Kier alpha value is -4.86. The average molecular weight is 765 g/mol. The fourth-order valence-electron chi connectivity index (χ4n) is 4.50. The monoisotopic (exact) mass is 763 g/mol. The van der Waals surface area contributed by atoms with Crippen molar-refractivity contribution in [3.63, 3.8) is 0 Å². The van der Waals surface area contributed by atoms with Gasteiger partial charge in [0.2, 0.25) is 5.75 Å². The predicted molar refractivity (Wildman–Crippen MR) is 180 cm³/mol. The molecule has 3 N–H and O–H groups in total. The molecule has 0 saturated carbocycles. The number of halogens is 3. The van der Waals surface area contributed by atoms with E-state index >= 15 is 0 Å². The molecule has 48 heavy (non-hydrogen) atoms. The number of hydrogen-bond donors (Lipinski definition) is 3. The van der Waals surface area contributed by atoms with Gasteiger partial charge in [-0.3, -0.25) is 14.9 Å². The second-order valence-electron chi connectivity index (χ2n) is 9.93. The summed E-state index contributed by atoms with van der Waals surface area (Å²) in [6.45, 7) is 2.95. The van der Waals surface area contributed by atoms with E-state index in [-0.39, 0.29) is 46.2 Å². The number of urea groups is 1. The Morgan fingerprint density at radius 3 is 2.56 bits per heavy atom. The number of nitro benzene ring substituents is 1. The van der Waals surface area contributed by atoms with Crippen molar-refractivity contribution in [3.05, 3.63) is 101 Å². The Morgan fingerprint density at radius 2 is 1.88 bits per heavy atom. The Kier molecular flexibility index (Phi) is 12.2. The topological polar surface area (TPSA) is 180 Å². The number of hydrogen-bond acceptors (Lipinski definition) is 10. The summed E-state index contributed by atoms with van der Waals surface area (Å²) in [5.41, 5.74) is 4.00. The summed E-state index contributed by atoms with van der Waals surface area (Å²) in [6, 6.07) is 11.0. The molecule has 3 amide bonds. The number of allylic oxidation sites excluding steroid dienone is 1. The van der Waals surface area contributed by atoms with Gasteiger partial charge in [-0.05, 0) is 71.2 Å². The van der Waals surface area contributed by atoms with Crippen LogP contribution in [-0.2, 0) is 20.9 Å². The Morgan fingerprint density at radius 1 is 1.10 bits per heavy atom. The number of amides is 3. The molecule has 0 aromatic heterocycles. The highest BCUT2D eigenvalue weighted by molar-refractivity contribution is 9.10. The van der Waals surface area contributed by atoms with Crippen LogP contribution in [0, 0.1) is 10.1 Å². The lowest BCUT2D eigenvalue weighted by molar-refractivity contribution is -0.386. The molecule has 1 heterocycles. The van der Waals surface area contributed by atoms with Crippen LogP contribution in [0.4, 0.5) is 10.5 Å². The molecule has 17 heteroatoms. The molecule has 3 aromatic carbocycles. The lowest BCUT2D eigenvalue weighted by Gasteiger charge is -2.28. The number of benzene rings is 3. The number of carbonyl (C=O) groups excluding carboxylic acids is 3. The molecule has 1 aliphatic heterocycles. The second kappa shape index (κ2) is 16.3. The van der Waals surface area contributed by atoms with E-state index in [1.165, 1.54) is 31.5 Å². The molecule has 0 radical (unpaired) electrons. The number of carbonyl (C=O) groups is 3. The van der Waals surface area contributed by atoms with E-state index in [0.29, 0.717) is 32.4 Å². The largest absolute Gasteiger partial charge is 0.493 e. The van der Waals surface area contributed by atoms with E-state index in [0.717, 1.165) is 0 Å². The first-order chi connectivity index (χ1) is 22.9. The standard InChI is InChI=1S/C31H28BrCl2N5O9/c1-4-46-30(41)27-16(2)36-31(42)37-28(27)19-6-8-24(25(12-19)45-3)47-15-26(40)38-35-13-18-9-20(32)29(23(11-18)39(43)44)48-14-17-5-7-21(33)22(34)10-17/h5-13,28H,4,14-15H2,1-3H3,(H,38,40)(H2,36,37,42)/b35-13+/t28-/m1/s1. The molecular formula is C31H28BrCl2N5O9. The molecular weight excluding hydrogens is 737 g/mol. The van der Waals surface area contributed by atoms with Crippen LogP contribution >= 0.6 is 39.1 Å². The zero-order chi connectivity index (χ0) is 35.0. The van der Waals surface area contributed by atoms with Gasteiger partial charge < -0.3 is 29.6 Å². The molecule has 0 bridgehead atoms.